The van der Waals surface area contributed by atoms with Gasteiger partial charge in [-0.15, -0.1) is 0 Å². The lowest BCUT2D eigenvalue weighted by Crippen LogP contribution is -2.14. The van der Waals surface area contributed by atoms with Crippen molar-refractivity contribution >= 4 is 11.7 Å². The van der Waals surface area contributed by atoms with Gasteiger partial charge in [0.2, 0.25) is 0 Å². The van der Waals surface area contributed by atoms with Gasteiger partial charge in [-0.3, -0.25) is 4.79 Å². The minimum Gasteiger partial charge on any atom is -0.320 e. The van der Waals surface area contributed by atoms with Crippen molar-refractivity contribution in [3.63, 3.8) is 0 Å². The monoisotopic (exact) mass is 265 g/mol. The first kappa shape index (κ1) is 13.8. The summed E-state index contributed by atoms with van der Waals surface area (Å²) in [7, 11) is 0. The third kappa shape index (κ3) is 3.44. The van der Waals surface area contributed by atoms with E-state index in [0.29, 0.717) is 16.9 Å². The van der Waals surface area contributed by atoms with Crippen LogP contribution in [0.1, 0.15) is 21.5 Å². The Morgan fingerprint density at radius 2 is 2.20 bits per heavy atom. The van der Waals surface area contributed by atoms with Crippen LogP contribution >= 0.6 is 0 Å². The lowest BCUT2D eigenvalue weighted by molar-refractivity contribution is 0.102. The van der Waals surface area contributed by atoms with E-state index in [9.17, 15) is 4.79 Å². The van der Waals surface area contributed by atoms with Crippen molar-refractivity contribution in [1.82, 2.24) is 4.98 Å². The number of carbonyl (C=O) groups is 1. The van der Waals surface area contributed by atoms with E-state index in [2.05, 4.69) is 22.1 Å². The van der Waals surface area contributed by atoms with Gasteiger partial charge >= 0.3 is 0 Å². The maximum atomic E-state index is 12.3. The molecule has 1 aromatic carbocycles. The first-order chi connectivity index (χ1) is 9.70. The normalized spacial score (nSPS) is 9.50. The fourth-order valence-corrected chi connectivity index (χ4v) is 1.73. The van der Waals surface area contributed by atoms with E-state index in [1.54, 1.807) is 24.4 Å². The molecule has 1 amide bonds. The first-order valence-corrected chi connectivity index (χ1v) is 6.22. The minimum absolute atomic E-state index is 0.231. The van der Waals surface area contributed by atoms with Gasteiger partial charge in [0, 0.05) is 11.8 Å². The average Bonchev–Trinajstić information content (AvgIpc) is 2.46. The summed E-state index contributed by atoms with van der Waals surface area (Å²) in [5.74, 6) is 5.98. The van der Waals surface area contributed by atoms with Crippen molar-refractivity contribution in [2.24, 2.45) is 5.73 Å². The number of anilines is 1. The topological polar surface area (TPSA) is 68.0 Å². The Kier molecular flexibility index (Phi) is 4.48. The van der Waals surface area contributed by atoms with Crippen LogP contribution in [0.25, 0.3) is 0 Å². The zero-order valence-corrected chi connectivity index (χ0v) is 11.2. The quantitative estimate of drug-likeness (QED) is 0.815. The molecule has 0 unspecified atom stereocenters. The van der Waals surface area contributed by atoms with Crippen molar-refractivity contribution in [3.8, 4) is 11.8 Å². The van der Waals surface area contributed by atoms with Crippen LogP contribution in [0.5, 0.6) is 0 Å². The average molecular weight is 265 g/mol. The van der Waals surface area contributed by atoms with Crippen LogP contribution in [-0.2, 0) is 0 Å². The molecule has 100 valence electrons. The van der Waals surface area contributed by atoms with E-state index in [4.69, 9.17) is 5.73 Å². The fraction of sp³-hybridized carbons (Fsp3) is 0.125. The predicted molar refractivity (Wildman–Crippen MR) is 79.3 cm³/mol. The number of rotatable bonds is 2. The lowest BCUT2D eigenvalue weighted by Gasteiger charge is -2.07. The van der Waals surface area contributed by atoms with Crippen LogP contribution in [0.15, 0.2) is 42.6 Å². The molecule has 20 heavy (non-hydrogen) atoms. The van der Waals surface area contributed by atoms with E-state index < -0.39 is 0 Å². The third-order valence-corrected chi connectivity index (χ3v) is 2.65. The molecule has 4 heteroatoms. The molecule has 0 atom stereocenters. The van der Waals surface area contributed by atoms with Gasteiger partial charge in [-0.2, -0.15) is 0 Å². The molecule has 3 N–H and O–H groups in total. The Bertz CT molecular complexity index is 669. The molecule has 0 saturated carbocycles. The number of aromatic nitrogens is 1. The second kappa shape index (κ2) is 6.50. The van der Waals surface area contributed by atoms with E-state index in [0.717, 1.165) is 5.56 Å². The fourth-order valence-electron chi connectivity index (χ4n) is 1.73. The van der Waals surface area contributed by atoms with Gasteiger partial charge < -0.3 is 11.1 Å². The van der Waals surface area contributed by atoms with Gasteiger partial charge in [0.1, 0.15) is 5.82 Å². The van der Waals surface area contributed by atoms with Crippen LogP contribution in [0.3, 0.4) is 0 Å². The number of hydrogen-bond donors (Lipinski definition) is 2. The predicted octanol–water partition coefficient (Wildman–Crippen LogP) is 1.95. The van der Waals surface area contributed by atoms with Gasteiger partial charge in [-0.25, -0.2) is 4.98 Å². The van der Waals surface area contributed by atoms with E-state index >= 15 is 0 Å². The van der Waals surface area contributed by atoms with Gasteiger partial charge in [-0.1, -0.05) is 24.0 Å². The molecule has 0 bridgehead atoms. The molecule has 0 saturated heterocycles. The van der Waals surface area contributed by atoms with E-state index in [1.165, 1.54) is 0 Å². The minimum atomic E-state index is -0.231. The van der Waals surface area contributed by atoms with Crippen LogP contribution in [-0.4, -0.2) is 17.4 Å². The van der Waals surface area contributed by atoms with Gasteiger partial charge in [-0.05, 0) is 36.8 Å². The Hall–Kier alpha value is -2.64. The summed E-state index contributed by atoms with van der Waals surface area (Å²) >= 11 is 0. The molecule has 0 radical (unpaired) electrons. The molecule has 4 nitrogen and oxygen atoms in total. The highest BCUT2D eigenvalue weighted by Crippen LogP contribution is 2.13. The zero-order valence-electron chi connectivity index (χ0n) is 11.2. The maximum absolute atomic E-state index is 12.3. The Morgan fingerprint density at radius 1 is 1.35 bits per heavy atom. The SMILES string of the molecule is Cc1ccc(C(=O)Nc2ccccn2)c(C#CCN)c1. The number of nitrogens with two attached hydrogens (primary N) is 1. The second-order valence-electron chi connectivity index (χ2n) is 4.22. The Labute approximate surface area is 118 Å². The van der Waals surface area contributed by atoms with Crippen LogP contribution in [0.4, 0.5) is 5.82 Å². The summed E-state index contributed by atoms with van der Waals surface area (Å²) in [6.45, 7) is 2.21. The molecule has 2 rings (SSSR count). The molecule has 2 aromatic rings. The molecule has 0 aliphatic rings. The molecule has 0 aliphatic heterocycles. The summed E-state index contributed by atoms with van der Waals surface area (Å²) in [5.41, 5.74) is 7.61. The van der Waals surface area contributed by atoms with Crippen LogP contribution < -0.4 is 11.1 Å². The molecule has 0 aliphatic carbocycles. The molecule has 0 spiro atoms. The van der Waals surface area contributed by atoms with Crippen LogP contribution in [0.2, 0.25) is 0 Å². The highest BCUT2D eigenvalue weighted by molar-refractivity contribution is 6.05. The summed E-state index contributed by atoms with van der Waals surface area (Å²) in [5, 5.41) is 2.75. The molecular formula is C16H15N3O. The zero-order chi connectivity index (χ0) is 14.4. The molecule has 0 fully saturated rings. The maximum Gasteiger partial charge on any atom is 0.258 e. The number of carbonyl (C=O) groups excluding carboxylic acids is 1. The number of hydrogen-bond acceptors (Lipinski definition) is 3. The number of benzene rings is 1. The smallest absolute Gasteiger partial charge is 0.258 e. The van der Waals surface area contributed by atoms with Crippen molar-refractivity contribution in [3.05, 3.63) is 59.3 Å². The number of amides is 1. The Morgan fingerprint density at radius 3 is 2.90 bits per heavy atom. The van der Waals surface area contributed by atoms with Crippen molar-refractivity contribution in [1.29, 1.82) is 0 Å². The summed E-state index contributed by atoms with van der Waals surface area (Å²) in [6, 6.07) is 10.8. The second-order valence-corrected chi connectivity index (χ2v) is 4.22. The van der Waals surface area contributed by atoms with Crippen molar-refractivity contribution < 1.29 is 4.79 Å². The molecule has 1 heterocycles. The van der Waals surface area contributed by atoms with Crippen molar-refractivity contribution in [2.75, 3.05) is 11.9 Å². The summed E-state index contributed by atoms with van der Waals surface area (Å²) in [6.07, 6.45) is 1.62. The number of nitrogens with zero attached hydrogens (tertiary/aromatic N) is 1. The van der Waals surface area contributed by atoms with Gasteiger partial charge in [0.25, 0.3) is 5.91 Å². The number of nitrogens with one attached hydrogen (secondary N) is 1. The molecular weight excluding hydrogens is 250 g/mol. The van der Waals surface area contributed by atoms with Gasteiger partial charge in [0.15, 0.2) is 0 Å². The van der Waals surface area contributed by atoms with E-state index in [1.807, 2.05) is 25.1 Å². The standard InChI is InChI=1S/C16H15N3O/c1-12-7-8-14(13(11-12)5-4-9-17)16(20)19-15-6-2-3-10-18-15/h2-3,6-8,10-11H,9,17H2,1H3,(H,18,19,20). The third-order valence-electron chi connectivity index (χ3n) is 2.65. The van der Waals surface area contributed by atoms with Gasteiger partial charge in [0.05, 0.1) is 12.1 Å². The van der Waals surface area contributed by atoms with Crippen molar-refractivity contribution in [2.45, 2.75) is 6.92 Å². The number of aryl methyl sites for hydroxylation is 1. The molecule has 1 aromatic heterocycles. The summed E-state index contributed by atoms with van der Waals surface area (Å²) in [4.78, 5) is 16.3. The first-order valence-electron chi connectivity index (χ1n) is 6.22. The van der Waals surface area contributed by atoms with E-state index in [-0.39, 0.29) is 12.5 Å². The lowest BCUT2D eigenvalue weighted by atomic mass is 10.0. The Balaban J connectivity index is 2.30. The summed E-state index contributed by atoms with van der Waals surface area (Å²) < 4.78 is 0. The number of pyridine rings is 1. The highest BCUT2D eigenvalue weighted by atomic mass is 16.1. The largest absolute Gasteiger partial charge is 0.320 e. The van der Waals surface area contributed by atoms with Crippen LogP contribution in [0, 0.1) is 18.8 Å². The highest BCUT2D eigenvalue weighted by Gasteiger charge is 2.11.